The first kappa shape index (κ1) is 13.3. The van der Waals surface area contributed by atoms with Crippen LogP contribution in [0, 0.1) is 0 Å². The lowest BCUT2D eigenvalue weighted by atomic mass is 10.2. The molecule has 0 atom stereocenters. The third-order valence-electron chi connectivity index (χ3n) is 3.43. The maximum absolute atomic E-state index is 12.0. The Morgan fingerprint density at radius 2 is 1.09 bits per heavy atom. The molecule has 0 bridgehead atoms. The largest absolute Gasteiger partial charge is 0.425 e. The molecule has 0 aliphatic rings. The van der Waals surface area contributed by atoms with E-state index in [0.29, 0.717) is 21.9 Å². The van der Waals surface area contributed by atoms with Crippen molar-refractivity contribution in [3.8, 4) is 11.9 Å². The van der Waals surface area contributed by atoms with Crippen LogP contribution in [0.2, 0.25) is 0 Å². The number of benzene rings is 2. The summed E-state index contributed by atoms with van der Waals surface area (Å²) in [6.45, 7) is 0. The molecule has 4 aromatic rings. The average molecular weight is 306 g/mol. The first-order chi connectivity index (χ1) is 11.2. The molecule has 5 nitrogen and oxygen atoms in total. The monoisotopic (exact) mass is 306 g/mol. The molecule has 0 unspecified atom stereocenters. The van der Waals surface area contributed by atoms with Gasteiger partial charge in [0.15, 0.2) is 10.9 Å². The van der Waals surface area contributed by atoms with Crippen molar-refractivity contribution in [1.29, 1.82) is 0 Å². The Morgan fingerprint density at radius 1 is 0.652 bits per heavy atom. The maximum Gasteiger partial charge on any atom is 0.296 e. The Balaban J connectivity index is 1.82. The Kier molecular flexibility index (Phi) is 2.98. The van der Waals surface area contributed by atoms with Crippen LogP contribution in [0.15, 0.2) is 79.1 Å². The zero-order valence-electron chi connectivity index (χ0n) is 11.8. The highest BCUT2D eigenvalue weighted by atomic mass is 16.6. The fraction of sp³-hybridized carbons (Fsp3) is 0. The third kappa shape index (κ3) is 2.38. The van der Waals surface area contributed by atoms with Crippen LogP contribution in [0.5, 0.6) is 11.9 Å². The van der Waals surface area contributed by atoms with Crippen molar-refractivity contribution in [2.24, 2.45) is 0 Å². The molecule has 5 heteroatoms. The summed E-state index contributed by atoms with van der Waals surface area (Å²) in [7, 11) is 0. The van der Waals surface area contributed by atoms with E-state index in [1.54, 1.807) is 48.5 Å². The number of hydrogen-bond acceptors (Lipinski definition) is 5. The highest BCUT2D eigenvalue weighted by Gasteiger charge is 2.10. The molecule has 23 heavy (non-hydrogen) atoms. The Labute approximate surface area is 129 Å². The molecule has 0 N–H and O–H groups in total. The molecule has 0 saturated carbocycles. The molecule has 0 saturated heterocycles. The van der Waals surface area contributed by atoms with Crippen molar-refractivity contribution in [2.75, 3.05) is 0 Å². The van der Waals surface area contributed by atoms with Gasteiger partial charge in [0.25, 0.3) is 11.9 Å². The van der Waals surface area contributed by atoms with E-state index in [0.717, 1.165) is 0 Å². The van der Waals surface area contributed by atoms with Crippen molar-refractivity contribution >= 4 is 21.9 Å². The Hall–Kier alpha value is -3.34. The minimum atomic E-state index is -0.231. The summed E-state index contributed by atoms with van der Waals surface area (Å²) in [5, 5.41) is 0.916. The van der Waals surface area contributed by atoms with Gasteiger partial charge in [-0.25, -0.2) is 0 Å². The van der Waals surface area contributed by atoms with Gasteiger partial charge in [-0.3, -0.25) is 9.59 Å². The average Bonchev–Trinajstić information content (AvgIpc) is 2.55. The van der Waals surface area contributed by atoms with Crippen molar-refractivity contribution in [3.05, 3.63) is 81.1 Å². The van der Waals surface area contributed by atoms with Gasteiger partial charge >= 0.3 is 0 Å². The second-order valence-corrected chi connectivity index (χ2v) is 4.95. The van der Waals surface area contributed by atoms with Crippen molar-refractivity contribution in [3.63, 3.8) is 0 Å². The van der Waals surface area contributed by atoms with E-state index in [2.05, 4.69) is 0 Å². The molecule has 2 aromatic heterocycles. The molecule has 4 rings (SSSR count). The number of fused-ring (bicyclic) bond motifs is 2. The summed E-state index contributed by atoms with van der Waals surface area (Å²) in [6.07, 6.45) is 0. The van der Waals surface area contributed by atoms with Crippen molar-refractivity contribution in [1.82, 2.24) is 0 Å². The molecule has 112 valence electrons. The number of rotatable bonds is 2. The second kappa shape index (κ2) is 5.14. The van der Waals surface area contributed by atoms with Gasteiger partial charge < -0.3 is 13.6 Å². The zero-order valence-corrected chi connectivity index (χ0v) is 11.8. The quantitative estimate of drug-likeness (QED) is 0.565. The Bertz CT molecular complexity index is 1050. The summed E-state index contributed by atoms with van der Waals surface area (Å²) in [4.78, 5) is 24.1. The van der Waals surface area contributed by atoms with E-state index in [1.165, 1.54) is 12.1 Å². The van der Waals surface area contributed by atoms with Gasteiger partial charge in [-0.15, -0.1) is 0 Å². The highest BCUT2D eigenvalue weighted by molar-refractivity contribution is 5.77. The summed E-state index contributed by atoms with van der Waals surface area (Å²) in [5.74, 6) is -0.0701. The third-order valence-corrected chi connectivity index (χ3v) is 3.43. The summed E-state index contributed by atoms with van der Waals surface area (Å²) in [5.41, 5.74) is 0.339. The van der Waals surface area contributed by atoms with E-state index < -0.39 is 0 Å². The second-order valence-electron chi connectivity index (χ2n) is 4.95. The van der Waals surface area contributed by atoms with Gasteiger partial charge in [-0.1, -0.05) is 24.3 Å². The smallest absolute Gasteiger partial charge is 0.296 e. The lowest BCUT2D eigenvalue weighted by molar-refractivity contribution is 0.286. The van der Waals surface area contributed by atoms with Gasteiger partial charge in [-0.05, 0) is 24.3 Å². The number of para-hydroxylation sites is 2. The molecule has 0 fully saturated rings. The molecule has 2 aromatic carbocycles. The van der Waals surface area contributed by atoms with Gasteiger partial charge in [0.2, 0.25) is 0 Å². The summed E-state index contributed by atoms with van der Waals surface area (Å²) < 4.78 is 16.5. The minimum absolute atomic E-state index is 0.0351. The first-order valence-corrected chi connectivity index (χ1v) is 6.94. The van der Waals surface area contributed by atoms with Crippen LogP contribution >= 0.6 is 0 Å². The molecular weight excluding hydrogens is 296 g/mol. The molecule has 0 amide bonds. The van der Waals surface area contributed by atoms with Crippen LogP contribution in [0.25, 0.3) is 21.9 Å². The highest BCUT2D eigenvalue weighted by Crippen LogP contribution is 2.24. The molecular formula is C18H10O5. The fourth-order valence-electron chi connectivity index (χ4n) is 2.36. The lowest BCUT2D eigenvalue weighted by Crippen LogP contribution is -2.02. The van der Waals surface area contributed by atoms with E-state index in [4.69, 9.17) is 13.6 Å². The number of ether oxygens (including phenoxy) is 1. The molecule has 0 aliphatic carbocycles. The van der Waals surface area contributed by atoms with Gasteiger partial charge in [0.1, 0.15) is 11.2 Å². The van der Waals surface area contributed by atoms with Crippen LogP contribution in [0.4, 0.5) is 0 Å². The normalized spacial score (nSPS) is 11.0. The predicted molar refractivity (Wildman–Crippen MR) is 85.0 cm³/mol. The number of hydrogen-bond donors (Lipinski definition) is 0. The topological polar surface area (TPSA) is 69.7 Å². The van der Waals surface area contributed by atoms with Crippen LogP contribution in [-0.4, -0.2) is 0 Å². The standard InChI is InChI=1S/C18H10O5/c19-13-9-17(21-15-7-3-1-5-11(13)15)23-18-10-14(20)12-6-2-4-8-16(12)22-18/h1-10H. The van der Waals surface area contributed by atoms with Gasteiger partial charge in [0.05, 0.1) is 22.9 Å². The van der Waals surface area contributed by atoms with Crippen LogP contribution in [-0.2, 0) is 0 Å². The van der Waals surface area contributed by atoms with Crippen LogP contribution < -0.4 is 15.6 Å². The van der Waals surface area contributed by atoms with Gasteiger partial charge in [-0.2, -0.15) is 0 Å². The molecule has 0 spiro atoms. The Morgan fingerprint density at radius 3 is 1.57 bits per heavy atom. The van der Waals surface area contributed by atoms with Gasteiger partial charge in [0, 0.05) is 0 Å². The van der Waals surface area contributed by atoms with Crippen molar-refractivity contribution in [2.45, 2.75) is 0 Å². The summed E-state index contributed by atoms with van der Waals surface area (Å²) >= 11 is 0. The first-order valence-electron chi connectivity index (χ1n) is 6.94. The SMILES string of the molecule is O=c1cc(Oc2cc(=O)c3ccccc3o2)oc2ccccc12. The minimum Gasteiger partial charge on any atom is -0.425 e. The molecule has 0 aliphatic heterocycles. The fourth-order valence-corrected chi connectivity index (χ4v) is 2.36. The van der Waals surface area contributed by atoms with E-state index >= 15 is 0 Å². The van der Waals surface area contributed by atoms with E-state index in [9.17, 15) is 9.59 Å². The lowest BCUT2D eigenvalue weighted by Gasteiger charge is -2.05. The predicted octanol–water partition coefficient (Wildman–Crippen LogP) is 3.69. The van der Waals surface area contributed by atoms with Crippen molar-refractivity contribution < 1.29 is 13.6 Å². The summed E-state index contributed by atoms with van der Waals surface area (Å²) in [6, 6.07) is 16.1. The molecule has 0 radical (unpaired) electrons. The van der Waals surface area contributed by atoms with E-state index in [1.807, 2.05) is 0 Å². The van der Waals surface area contributed by atoms with Crippen LogP contribution in [0.1, 0.15) is 0 Å². The zero-order chi connectivity index (χ0) is 15.8. The van der Waals surface area contributed by atoms with E-state index in [-0.39, 0.29) is 22.8 Å². The maximum atomic E-state index is 12.0. The molecule has 2 heterocycles. The van der Waals surface area contributed by atoms with Crippen LogP contribution in [0.3, 0.4) is 0 Å².